The molecule has 7 nitrogen and oxygen atoms in total. The number of amides is 2. The smallest absolute Gasteiger partial charge is 0.224 e. The van der Waals surface area contributed by atoms with Crippen LogP contribution in [0.2, 0.25) is 0 Å². The maximum atomic E-state index is 12.8. The number of aromatic nitrogens is 2. The Labute approximate surface area is 207 Å². The van der Waals surface area contributed by atoms with Gasteiger partial charge in [-0.15, -0.1) is 0 Å². The van der Waals surface area contributed by atoms with Crippen molar-refractivity contribution in [1.82, 2.24) is 15.1 Å². The molecule has 4 rings (SSSR count). The van der Waals surface area contributed by atoms with E-state index in [1.807, 2.05) is 48.9 Å². The molecule has 1 fully saturated rings. The number of anilines is 2. The van der Waals surface area contributed by atoms with Gasteiger partial charge >= 0.3 is 0 Å². The van der Waals surface area contributed by atoms with Crippen LogP contribution >= 0.6 is 0 Å². The molecule has 35 heavy (non-hydrogen) atoms. The van der Waals surface area contributed by atoms with Gasteiger partial charge in [-0.2, -0.15) is 5.10 Å². The van der Waals surface area contributed by atoms with E-state index in [-0.39, 0.29) is 17.7 Å². The number of para-hydroxylation sites is 1. The second kappa shape index (κ2) is 11.2. The van der Waals surface area contributed by atoms with Crippen molar-refractivity contribution in [3.8, 4) is 5.69 Å². The van der Waals surface area contributed by atoms with E-state index in [4.69, 9.17) is 5.10 Å². The third-order valence-corrected chi connectivity index (χ3v) is 6.62. The van der Waals surface area contributed by atoms with Gasteiger partial charge in [0.05, 0.1) is 11.4 Å². The van der Waals surface area contributed by atoms with Gasteiger partial charge in [0.1, 0.15) is 5.69 Å². The normalized spacial score (nSPS) is 14.1. The van der Waals surface area contributed by atoms with Crippen LogP contribution in [0.3, 0.4) is 0 Å². The minimum Gasteiger partial charge on any atom is -0.356 e. The summed E-state index contributed by atoms with van der Waals surface area (Å²) in [5, 5.41) is 10.9. The van der Waals surface area contributed by atoms with Crippen LogP contribution in [0.15, 0.2) is 54.6 Å². The number of carbonyl (C=O) groups excluding carboxylic acids is 2. The zero-order valence-electron chi connectivity index (χ0n) is 20.9. The number of hydrogen-bond acceptors (Lipinski definition) is 4. The van der Waals surface area contributed by atoms with Crippen molar-refractivity contribution in [2.75, 3.05) is 29.9 Å². The molecular weight excluding hydrogens is 438 g/mol. The van der Waals surface area contributed by atoms with Gasteiger partial charge in [0.25, 0.3) is 0 Å². The third kappa shape index (κ3) is 5.91. The predicted molar refractivity (Wildman–Crippen MR) is 140 cm³/mol. The zero-order chi connectivity index (χ0) is 24.8. The molecule has 1 aliphatic rings. The number of aryl methyl sites for hydroxylation is 2. The highest BCUT2D eigenvalue weighted by Gasteiger charge is 2.29. The molecular formula is C28H35N5O2. The van der Waals surface area contributed by atoms with Crippen LogP contribution in [-0.4, -0.2) is 41.2 Å². The Morgan fingerprint density at radius 2 is 1.69 bits per heavy atom. The van der Waals surface area contributed by atoms with Crippen molar-refractivity contribution in [2.45, 2.75) is 46.5 Å². The Bertz CT molecular complexity index is 1150. The Kier molecular flexibility index (Phi) is 7.85. The van der Waals surface area contributed by atoms with E-state index in [1.54, 1.807) is 0 Å². The largest absolute Gasteiger partial charge is 0.356 e. The lowest BCUT2D eigenvalue weighted by molar-refractivity contribution is -0.125. The summed E-state index contributed by atoms with van der Waals surface area (Å²) < 4.78 is 1.91. The molecule has 2 N–H and O–H groups in total. The summed E-state index contributed by atoms with van der Waals surface area (Å²) in [6, 6.07) is 18.4. The Morgan fingerprint density at radius 1 is 1.00 bits per heavy atom. The van der Waals surface area contributed by atoms with Gasteiger partial charge in [-0.05, 0) is 50.8 Å². The van der Waals surface area contributed by atoms with Gasteiger partial charge in [0.2, 0.25) is 11.8 Å². The van der Waals surface area contributed by atoms with Gasteiger partial charge < -0.3 is 15.5 Å². The second-order valence-electron chi connectivity index (χ2n) is 9.22. The fraction of sp³-hybridized carbons (Fsp3) is 0.393. The van der Waals surface area contributed by atoms with E-state index >= 15 is 0 Å². The molecule has 0 saturated carbocycles. The average molecular weight is 474 g/mol. The molecule has 2 amide bonds. The number of carbonyl (C=O) groups is 2. The quantitative estimate of drug-likeness (QED) is 0.508. The number of piperidine rings is 1. The fourth-order valence-electron chi connectivity index (χ4n) is 4.51. The second-order valence-corrected chi connectivity index (χ2v) is 9.22. The first-order valence-corrected chi connectivity index (χ1v) is 12.5. The first kappa shape index (κ1) is 24.5. The molecule has 0 spiro atoms. The third-order valence-electron chi connectivity index (χ3n) is 6.62. The monoisotopic (exact) mass is 473 g/mol. The highest BCUT2D eigenvalue weighted by molar-refractivity contribution is 5.94. The van der Waals surface area contributed by atoms with Gasteiger partial charge in [0.15, 0.2) is 5.82 Å². The van der Waals surface area contributed by atoms with Crippen molar-refractivity contribution in [3.63, 3.8) is 0 Å². The van der Waals surface area contributed by atoms with Crippen molar-refractivity contribution < 1.29 is 9.59 Å². The molecule has 1 aromatic heterocycles. The summed E-state index contributed by atoms with van der Waals surface area (Å²) in [7, 11) is 0. The van der Waals surface area contributed by atoms with Crippen LogP contribution < -0.4 is 15.5 Å². The van der Waals surface area contributed by atoms with Crippen LogP contribution in [0.1, 0.15) is 43.0 Å². The molecule has 2 aromatic carbocycles. The van der Waals surface area contributed by atoms with Crippen LogP contribution in [-0.2, 0) is 16.0 Å². The van der Waals surface area contributed by atoms with Gasteiger partial charge in [-0.1, -0.05) is 55.0 Å². The highest BCUT2D eigenvalue weighted by Crippen LogP contribution is 2.35. The molecule has 184 valence electrons. The molecule has 0 unspecified atom stereocenters. The standard InChI is InChI=1S/C28H35N5O2/c1-4-25(34)30-26-21(3)31-33(24-8-6-5-7-9-24)28(26)32-18-15-23(16-19-32)27(35)29-17-14-22-12-10-20(2)11-13-22/h5-13,23H,4,14-19H2,1-3H3,(H,29,35)(H,30,34). The minimum absolute atomic E-state index is 0.00727. The first-order valence-electron chi connectivity index (χ1n) is 12.5. The average Bonchev–Trinajstić information content (AvgIpc) is 3.21. The highest BCUT2D eigenvalue weighted by atomic mass is 16.2. The molecule has 0 atom stereocenters. The van der Waals surface area contributed by atoms with Crippen molar-refractivity contribution in [1.29, 1.82) is 0 Å². The first-order chi connectivity index (χ1) is 17.0. The number of rotatable bonds is 8. The van der Waals surface area contributed by atoms with Gasteiger partial charge in [0, 0.05) is 32.0 Å². The SMILES string of the molecule is CCC(=O)Nc1c(C)nn(-c2ccccc2)c1N1CCC(C(=O)NCCc2ccc(C)cc2)CC1. The minimum atomic E-state index is -0.0372. The topological polar surface area (TPSA) is 79.3 Å². The van der Waals surface area contributed by atoms with Crippen LogP contribution in [0.5, 0.6) is 0 Å². The molecule has 1 saturated heterocycles. The molecule has 0 radical (unpaired) electrons. The molecule has 0 aliphatic carbocycles. The maximum absolute atomic E-state index is 12.8. The summed E-state index contributed by atoms with van der Waals surface area (Å²) in [6.07, 6.45) is 2.76. The summed E-state index contributed by atoms with van der Waals surface area (Å²) in [5.41, 5.74) is 4.95. The maximum Gasteiger partial charge on any atom is 0.224 e. The molecule has 2 heterocycles. The van der Waals surface area contributed by atoms with Crippen LogP contribution in [0, 0.1) is 19.8 Å². The fourth-order valence-corrected chi connectivity index (χ4v) is 4.51. The van der Waals surface area contributed by atoms with Gasteiger partial charge in [-0.25, -0.2) is 4.68 Å². The zero-order valence-corrected chi connectivity index (χ0v) is 20.9. The lowest BCUT2D eigenvalue weighted by Crippen LogP contribution is -2.42. The van der Waals surface area contributed by atoms with E-state index in [0.29, 0.717) is 13.0 Å². The summed E-state index contributed by atoms with van der Waals surface area (Å²) >= 11 is 0. The lowest BCUT2D eigenvalue weighted by atomic mass is 9.95. The number of hydrogen-bond donors (Lipinski definition) is 2. The van der Waals surface area contributed by atoms with E-state index in [1.165, 1.54) is 11.1 Å². The summed E-state index contributed by atoms with van der Waals surface area (Å²) in [6.45, 7) is 7.94. The summed E-state index contributed by atoms with van der Waals surface area (Å²) in [4.78, 5) is 27.3. The molecule has 1 aliphatic heterocycles. The van der Waals surface area contributed by atoms with E-state index in [9.17, 15) is 9.59 Å². The van der Waals surface area contributed by atoms with Crippen molar-refractivity contribution in [3.05, 3.63) is 71.4 Å². The van der Waals surface area contributed by atoms with Gasteiger partial charge in [-0.3, -0.25) is 9.59 Å². The number of benzene rings is 2. The Morgan fingerprint density at radius 3 is 2.34 bits per heavy atom. The van der Waals surface area contributed by atoms with Crippen molar-refractivity contribution in [2.24, 2.45) is 5.92 Å². The van der Waals surface area contributed by atoms with Crippen LogP contribution in [0.25, 0.3) is 5.69 Å². The van der Waals surface area contributed by atoms with E-state index < -0.39 is 0 Å². The number of nitrogens with one attached hydrogen (secondary N) is 2. The lowest BCUT2D eigenvalue weighted by Gasteiger charge is -2.33. The Balaban J connectivity index is 1.42. The number of nitrogens with zero attached hydrogens (tertiary/aromatic N) is 3. The van der Waals surface area contributed by atoms with E-state index in [0.717, 1.165) is 55.2 Å². The molecule has 3 aromatic rings. The van der Waals surface area contributed by atoms with Crippen LogP contribution in [0.4, 0.5) is 11.5 Å². The molecule has 7 heteroatoms. The van der Waals surface area contributed by atoms with Crippen molar-refractivity contribution >= 4 is 23.3 Å². The predicted octanol–water partition coefficient (Wildman–Crippen LogP) is 4.41. The Hall–Kier alpha value is -3.61. The molecule has 0 bridgehead atoms. The van der Waals surface area contributed by atoms with E-state index in [2.05, 4.69) is 46.7 Å². The summed E-state index contributed by atoms with van der Waals surface area (Å²) in [5.74, 6) is 0.967.